The Morgan fingerprint density at radius 1 is 1.23 bits per heavy atom. The van der Waals surface area contributed by atoms with E-state index in [1.165, 1.54) is 18.4 Å². The van der Waals surface area contributed by atoms with Crippen molar-refractivity contribution in [1.82, 2.24) is 5.32 Å². The zero-order valence-electron chi connectivity index (χ0n) is 12.3. The van der Waals surface area contributed by atoms with Crippen LogP contribution in [0.3, 0.4) is 0 Å². The van der Waals surface area contributed by atoms with E-state index in [1.807, 2.05) is 13.0 Å². The Kier molecular flexibility index (Phi) is 5.57. The number of methoxy groups -OCH3 is 1. The van der Waals surface area contributed by atoms with Gasteiger partial charge in [-0.05, 0) is 36.8 Å². The normalized spacial score (nSPS) is 11.8. The van der Waals surface area contributed by atoms with E-state index in [4.69, 9.17) is 16.3 Å². The molecule has 0 bridgehead atoms. The average Bonchev–Trinajstić information content (AvgIpc) is 2.94. The van der Waals surface area contributed by atoms with Gasteiger partial charge in [0.15, 0.2) is 0 Å². The molecule has 0 saturated heterocycles. The fraction of sp³-hybridized carbons (Fsp3) is 0.250. The molecule has 6 heteroatoms. The molecule has 0 radical (unpaired) electrons. The second kappa shape index (κ2) is 7.42. The van der Waals surface area contributed by atoms with Crippen molar-refractivity contribution in [3.63, 3.8) is 0 Å². The molecule has 0 aliphatic rings. The topological polar surface area (TPSA) is 55.4 Å². The van der Waals surface area contributed by atoms with Gasteiger partial charge in [0.2, 0.25) is 0 Å². The maximum atomic E-state index is 12.3. The third-order valence-corrected chi connectivity index (χ3v) is 4.39. The third-order valence-electron chi connectivity index (χ3n) is 3.14. The summed E-state index contributed by atoms with van der Waals surface area (Å²) in [7, 11) is 1.33. The van der Waals surface area contributed by atoms with E-state index < -0.39 is 6.04 Å². The number of halogens is 1. The van der Waals surface area contributed by atoms with Gasteiger partial charge in [-0.15, -0.1) is 11.3 Å². The number of ether oxygens (including phenoxy) is 1. The monoisotopic (exact) mass is 337 g/mol. The molecule has 1 amide bonds. The highest BCUT2D eigenvalue weighted by Gasteiger charge is 2.20. The quantitative estimate of drug-likeness (QED) is 0.845. The summed E-state index contributed by atoms with van der Waals surface area (Å²) in [6, 6.07) is 10.2. The van der Waals surface area contributed by atoms with Gasteiger partial charge in [-0.1, -0.05) is 23.7 Å². The summed E-state index contributed by atoms with van der Waals surface area (Å²) in [5.41, 5.74) is 0.802. The van der Waals surface area contributed by atoms with Gasteiger partial charge < -0.3 is 10.1 Å². The molecule has 1 aromatic carbocycles. The molecule has 0 aliphatic carbocycles. The van der Waals surface area contributed by atoms with E-state index in [1.54, 1.807) is 30.3 Å². The number of hydrogen-bond donors (Lipinski definition) is 1. The van der Waals surface area contributed by atoms with Gasteiger partial charge in [-0.25, -0.2) is 0 Å². The zero-order chi connectivity index (χ0) is 16.1. The third kappa shape index (κ3) is 4.32. The second-order valence-corrected chi connectivity index (χ2v) is 6.49. The summed E-state index contributed by atoms with van der Waals surface area (Å²) in [4.78, 5) is 25.6. The van der Waals surface area contributed by atoms with Crippen LogP contribution in [0.5, 0.6) is 0 Å². The molecule has 1 heterocycles. The molecule has 0 saturated carbocycles. The summed E-state index contributed by atoms with van der Waals surface area (Å²) < 4.78 is 4.70. The largest absolute Gasteiger partial charge is 0.469 e. The van der Waals surface area contributed by atoms with Crippen LogP contribution in [0.4, 0.5) is 0 Å². The van der Waals surface area contributed by atoms with Crippen LogP contribution in [0.15, 0.2) is 36.4 Å². The maximum Gasteiger partial charge on any atom is 0.307 e. The van der Waals surface area contributed by atoms with Gasteiger partial charge in [0.05, 0.1) is 24.4 Å². The Morgan fingerprint density at radius 3 is 2.45 bits per heavy atom. The molecule has 1 atom stereocenters. The summed E-state index contributed by atoms with van der Waals surface area (Å²) in [5, 5.41) is 3.47. The molecule has 4 nitrogen and oxygen atoms in total. The van der Waals surface area contributed by atoms with Crippen molar-refractivity contribution in [2.24, 2.45) is 0 Å². The minimum atomic E-state index is -0.459. The molecule has 0 fully saturated rings. The zero-order valence-corrected chi connectivity index (χ0v) is 13.8. The lowest BCUT2D eigenvalue weighted by molar-refractivity contribution is -0.141. The number of aryl methyl sites for hydroxylation is 1. The van der Waals surface area contributed by atoms with E-state index in [0.717, 1.165) is 10.4 Å². The van der Waals surface area contributed by atoms with Gasteiger partial charge in [0, 0.05) is 9.90 Å². The summed E-state index contributed by atoms with van der Waals surface area (Å²) in [5.74, 6) is -0.593. The number of amides is 1. The Hall–Kier alpha value is -1.85. The first-order chi connectivity index (χ1) is 10.5. The summed E-state index contributed by atoms with van der Waals surface area (Å²) in [6.45, 7) is 1.94. The van der Waals surface area contributed by atoms with Gasteiger partial charge in [-0.3, -0.25) is 9.59 Å². The van der Waals surface area contributed by atoms with Gasteiger partial charge in [-0.2, -0.15) is 0 Å². The maximum absolute atomic E-state index is 12.3. The number of hydrogen-bond acceptors (Lipinski definition) is 4. The predicted octanol–water partition coefficient (Wildman–Crippen LogP) is 3.74. The minimum Gasteiger partial charge on any atom is -0.469 e. The highest BCUT2D eigenvalue weighted by molar-refractivity contribution is 7.13. The van der Waals surface area contributed by atoms with E-state index >= 15 is 0 Å². The highest BCUT2D eigenvalue weighted by atomic mass is 35.5. The molecular weight excluding hydrogens is 322 g/mol. The molecule has 0 aliphatic heterocycles. The van der Waals surface area contributed by atoms with Crippen molar-refractivity contribution in [2.75, 3.05) is 7.11 Å². The summed E-state index contributed by atoms with van der Waals surface area (Å²) >= 11 is 7.29. The van der Waals surface area contributed by atoms with Crippen LogP contribution in [0.25, 0.3) is 0 Å². The predicted molar refractivity (Wildman–Crippen MR) is 87.3 cm³/mol. The van der Waals surface area contributed by atoms with E-state index in [0.29, 0.717) is 9.90 Å². The van der Waals surface area contributed by atoms with Crippen molar-refractivity contribution >= 4 is 34.8 Å². The number of carbonyl (C=O) groups is 2. The van der Waals surface area contributed by atoms with Crippen LogP contribution < -0.4 is 5.32 Å². The average molecular weight is 338 g/mol. The molecule has 1 aromatic heterocycles. The van der Waals surface area contributed by atoms with E-state index in [9.17, 15) is 9.59 Å². The Labute approximate surface area is 138 Å². The minimum absolute atomic E-state index is 0.0637. The SMILES string of the molecule is COC(=O)CC(NC(=O)c1ccc(C)s1)c1ccc(Cl)cc1. The number of carbonyl (C=O) groups excluding carboxylic acids is 2. The first-order valence-electron chi connectivity index (χ1n) is 6.69. The van der Waals surface area contributed by atoms with Crippen LogP contribution >= 0.6 is 22.9 Å². The Bertz CT molecular complexity index is 666. The number of rotatable bonds is 5. The first kappa shape index (κ1) is 16.5. The molecule has 1 unspecified atom stereocenters. The fourth-order valence-corrected chi connectivity index (χ4v) is 2.88. The fourth-order valence-electron chi connectivity index (χ4n) is 1.98. The molecule has 22 heavy (non-hydrogen) atoms. The first-order valence-corrected chi connectivity index (χ1v) is 7.88. The van der Waals surface area contributed by atoms with Crippen LogP contribution in [0.1, 0.15) is 32.6 Å². The van der Waals surface area contributed by atoms with Crippen LogP contribution in [-0.2, 0) is 9.53 Å². The number of benzene rings is 1. The van der Waals surface area contributed by atoms with Crippen molar-refractivity contribution in [2.45, 2.75) is 19.4 Å². The van der Waals surface area contributed by atoms with E-state index in [2.05, 4.69) is 5.32 Å². The van der Waals surface area contributed by atoms with Gasteiger partial charge >= 0.3 is 5.97 Å². The highest BCUT2D eigenvalue weighted by Crippen LogP contribution is 2.22. The van der Waals surface area contributed by atoms with E-state index in [-0.39, 0.29) is 18.3 Å². The van der Waals surface area contributed by atoms with Crippen LogP contribution in [0.2, 0.25) is 5.02 Å². The number of thiophene rings is 1. The molecule has 2 aromatic rings. The number of nitrogens with one attached hydrogen (secondary N) is 1. The lowest BCUT2D eigenvalue weighted by Gasteiger charge is -2.18. The standard InChI is InChI=1S/C16H16ClNO3S/c1-10-3-8-14(22-10)16(20)18-13(9-15(19)21-2)11-4-6-12(17)7-5-11/h3-8,13H,9H2,1-2H3,(H,18,20). The van der Waals surface area contributed by atoms with Crippen molar-refractivity contribution in [3.8, 4) is 0 Å². The lowest BCUT2D eigenvalue weighted by atomic mass is 10.0. The molecule has 1 N–H and O–H groups in total. The lowest BCUT2D eigenvalue weighted by Crippen LogP contribution is -2.30. The van der Waals surface area contributed by atoms with Crippen molar-refractivity contribution < 1.29 is 14.3 Å². The molecule has 116 valence electrons. The Balaban J connectivity index is 2.18. The van der Waals surface area contributed by atoms with Gasteiger partial charge in [0.1, 0.15) is 0 Å². The van der Waals surface area contributed by atoms with Gasteiger partial charge in [0.25, 0.3) is 5.91 Å². The number of esters is 1. The van der Waals surface area contributed by atoms with Crippen molar-refractivity contribution in [3.05, 3.63) is 56.7 Å². The van der Waals surface area contributed by atoms with Crippen LogP contribution in [0, 0.1) is 6.92 Å². The molecule has 2 rings (SSSR count). The van der Waals surface area contributed by atoms with Crippen LogP contribution in [-0.4, -0.2) is 19.0 Å². The second-order valence-electron chi connectivity index (χ2n) is 4.77. The summed E-state index contributed by atoms with van der Waals surface area (Å²) in [6.07, 6.45) is 0.0637. The smallest absolute Gasteiger partial charge is 0.307 e. The molecule has 0 spiro atoms. The van der Waals surface area contributed by atoms with Crippen molar-refractivity contribution in [1.29, 1.82) is 0 Å². The Morgan fingerprint density at radius 2 is 1.91 bits per heavy atom. The molecular formula is C16H16ClNO3S.